The molecule has 0 aromatic heterocycles. The standard InChI is InChI=1S/C27H26N2O3/c1-16(2)24-15-32-27(29-24)17-11-12-21-20-9-4-5-10-22(20)25(23(21)13-17)26(30)28-18-7-6-8-19(14-18)31-3/h4-14,16,24-25H,15H2,1-3H3,(H,28,30)/t24-,25?/m1/s1. The molecule has 0 saturated carbocycles. The van der Waals surface area contributed by atoms with E-state index in [1.54, 1.807) is 7.11 Å². The highest BCUT2D eigenvalue weighted by Gasteiger charge is 2.35. The molecule has 162 valence electrons. The number of benzene rings is 3. The molecular formula is C27H26N2O3. The third-order valence-electron chi connectivity index (χ3n) is 6.21. The van der Waals surface area contributed by atoms with Gasteiger partial charge in [0, 0.05) is 17.3 Å². The minimum atomic E-state index is -0.407. The Morgan fingerprint density at radius 3 is 2.62 bits per heavy atom. The SMILES string of the molecule is COc1cccc(NC(=O)C2c3ccccc3-c3ccc(C4=N[C@@H](C(C)C)CO4)cc32)c1. The fourth-order valence-electron chi connectivity index (χ4n) is 4.43. The molecule has 0 fully saturated rings. The second-order valence-electron chi connectivity index (χ2n) is 8.60. The smallest absolute Gasteiger partial charge is 0.236 e. The highest BCUT2D eigenvalue weighted by molar-refractivity contribution is 6.04. The van der Waals surface area contributed by atoms with E-state index in [-0.39, 0.29) is 11.9 Å². The summed E-state index contributed by atoms with van der Waals surface area (Å²) in [5.74, 6) is 1.31. The molecule has 1 aliphatic carbocycles. The molecule has 1 unspecified atom stereocenters. The Morgan fingerprint density at radius 2 is 1.84 bits per heavy atom. The largest absolute Gasteiger partial charge is 0.497 e. The Hall–Kier alpha value is -3.60. The van der Waals surface area contributed by atoms with Crippen molar-refractivity contribution in [1.29, 1.82) is 0 Å². The average Bonchev–Trinajstić information content (AvgIpc) is 3.42. The van der Waals surface area contributed by atoms with Crippen LogP contribution in [0.4, 0.5) is 5.69 Å². The van der Waals surface area contributed by atoms with Crippen LogP contribution in [-0.2, 0) is 9.53 Å². The number of nitrogens with one attached hydrogen (secondary N) is 1. The molecule has 1 aliphatic heterocycles. The lowest BCUT2D eigenvalue weighted by Gasteiger charge is -2.15. The number of carbonyl (C=O) groups excluding carboxylic acids is 1. The monoisotopic (exact) mass is 426 g/mol. The number of methoxy groups -OCH3 is 1. The Balaban J connectivity index is 1.52. The van der Waals surface area contributed by atoms with Crippen molar-refractivity contribution in [3.05, 3.63) is 83.4 Å². The number of anilines is 1. The van der Waals surface area contributed by atoms with Gasteiger partial charge in [-0.2, -0.15) is 0 Å². The van der Waals surface area contributed by atoms with Gasteiger partial charge in [0.1, 0.15) is 12.4 Å². The first kappa shape index (κ1) is 20.3. The van der Waals surface area contributed by atoms with Gasteiger partial charge >= 0.3 is 0 Å². The van der Waals surface area contributed by atoms with E-state index < -0.39 is 5.92 Å². The molecule has 5 rings (SSSR count). The van der Waals surface area contributed by atoms with Gasteiger partial charge in [-0.3, -0.25) is 4.79 Å². The van der Waals surface area contributed by atoms with Gasteiger partial charge < -0.3 is 14.8 Å². The number of ether oxygens (including phenoxy) is 2. The molecule has 5 nitrogen and oxygen atoms in total. The molecule has 0 bridgehead atoms. The quantitative estimate of drug-likeness (QED) is 0.606. The summed E-state index contributed by atoms with van der Waals surface area (Å²) in [7, 11) is 1.61. The fraction of sp³-hybridized carbons (Fsp3) is 0.259. The number of aliphatic imine (C=N–C) groups is 1. The van der Waals surface area contributed by atoms with Gasteiger partial charge in [-0.05, 0) is 52.4 Å². The van der Waals surface area contributed by atoms with E-state index in [1.165, 1.54) is 0 Å². The minimum Gasteiger partial charge on any atom is -0.497 e. The summed E-state index contributed by atoms with van der Waals surface area (Å²) in [6.07, 6.45) is 0. The van der Waals surface area contributed by atoms with Crippen LogP contribution in [0.1, 0.15) is 36.5 Å². The molecule has 3 aromatic rings. The van der Waals surface area contributed by atoms with E-state index in [9.17, 15) is 4.79 Å². The fourth-order valence-corrected chi connectivity index (χ4v) is 4.43. The van der Waals surface area contributed by atoms with Gasteiger partial charge in [0.25, 0.3) is 0 Å². The van der Waals surface area contributed by atoms with Gasteiger partial charge in [-0.25, -0.2) is 4.99 Å². The van der Waals surface area contributed by atoms with Gasteiger partial charge in [-0.15, -0.1) is 0 Å². The summed E-state index contributed by atoms with van der Waals surface area (Å²) in [6.45, 7) is 4.90. The number of carbonyl (C=O) groups is 1. The van der Waals surface area contributed by atoms with Crippen molar-refractivity contribution in [3.8, 4) is 16.9 Å². The first-order valence-electron chi connectivity index (χ1n) is 10.9. The average molecular weight is 427 g/mol. The molecule has 1 amide bonds. The van der Waals surface area contributed by atoms with Crippen molar-refractivity contribution < 1.29 is 14.3 Å². The summed E-state index contributed by atoms with van der Waals surface area (Å²) in [6, 6.07) is 21.9. The first-order valence-corrected chi connectivity index (χ1v) is 10.9. The van der Waals surface area contributed by atoms with E-state index >= 15 is 0 Å². The number of hydrogen-bond donors (Lipinski definition) is 1. The number of fused-ring (bicyclic) bond motifs is 3. The molecular weight excluding hydrogens is 400 g/mol. The molecule has 3 aromatic carbocycles. The summed E-state index contributed by atoms with van der Waals surface area (Å²) < 4.78 is 11.2. The number of hydrogen-bond acceptors (Lipinski definition) is 4. The van der Waals surface area contributed by atoms with E-state index in [2.05, 4.69) is 37.4 Å². The predicted molar refractivity (Wildman–Crippen MR) is 126 cm³/mol. The summed E-state index contributed by atoms with van der Waals surface area (Å²) in [5.41, 5.74) is 5.78. The second kappa shape index (κ2) is 8.15. The van der Waals surface area contributed by atoms with E-state index in [0.717, 1.165) is 27.8 Å². The topological polar surface area (TPSA) is 59.9 Å². The molecule has 32 heavy (non-hydrogen) atoms. The number of nitrogens with zero attached hydrogens (tertiary/aromatic N) is 1. The Morgan fingerprint density at radius 1 is 1.03 bits per heavy atom. The van der Waals surface area contributed by atoms with Crippen LogP contribution in [-0.4, -0.2) is 31.6 Å². The molecule has 2 aliphatic rings. The Kier molecular flexibility index (Phi) is 5.17. The van der Waals surface area contributed by atoms with Crippen LogP contribution in [0.25, 0.3) is 11.1 Å². The molecule has 2 atom stereocenters. The zero-order valence-corrected chi connectivity index (χ0v) is 18.5. The predicted octanol–water partition coefficient (Wildman–Crippen LogP) is 5.25. The van der Waals surface area contributed by atoms with Crippen molar-refractivity contribution in [3.63, 3.8) is 0 Å². The van der Waals surface area contributed by atoms with Crippen LogP contribution >= 0.6 is 0 Å². The van der Waals surface area contributed by atoms with Crippen LogP contribution in [0.3, 0.4) is 0 Å². The van der Waals surface area contributed by atoms with Crippen molar-refractivity contribution in [2.75, 3.05) is 19.0 Å². The van der Waals surface area contributed by atoms with Gasteiger partial charge in [0.15, 0.2) is 0 Å². The lowest BCUT2D eigenvalue weighted by molar-refractivity contribution is -0.116. The lowest BCUT2D eigenvalue weighted by Crippen LogP contribution is -2.21. The zero-order chi connectivity index (χ0) is 22.2. The van der Waals surface area contributed by atoms with Crippen LogP contribution in [0.15, 0.2) is 71.7 Å². The highest BCUT2D eigenvalue weighted by Crippen LogP contribution is 2.45. The van der Waals surface area contributed by atoms with Gasteiger partial charge in [-0.1, -0.05) is 50.2 Å². The third-order valence-corrected chi connectivity index (χ3v) is 6.21. The van der Waals surface area contributed by atoms with Crippen LogP contribution in [0.2, 0.25) is 0 Å². The van der Waals surface area contributed by atoms with E-state index in [4.69, 9.17) is 14.5 Å². The Labute approximate surface area is 188 Å². The molecule has 0 radical (unpaired) electrons. The third kappa shape index (κ3) is 3.54. The maximum Gasteiger partial charge on any atom is 0.236 e. The van der Waals surface area contributed by atoms with Crippen molar-refractivity contribution >= 4 is 17.5 Å². The van der Waals surface area contributed by atoms with Gasteiger partial charge in [0.2, 0.25) is 11.8 Å². The number of rotatable bonds is 5. The normalized spacial score (nSPS) is 18.6. The van der Waals surface area contributed by atoms with E-state index in [0.29, 0.717) is 29.9 Å². The summed E-state index contributed by atoms with van der Waals surface area (Å²) >= 11 is 0. The minimum absolute atomic E-state index is 0.0732. The molecule has 1 heterocycles. The van der Waals surface area contributed by atoms with Crippen molar-refractivity contribution in [2.45, 2.75) is 25.8 Å². The highest BCUT2D eigenvalue weighted by atomic mass is 16.5. The maximum absolute atomic E-state index is 13.5. The first-order chi connectivity index (χ1) is 15.5. The van der Waals surface area contributed by atoms with Crippen LogP contribution in [0.5, 0.6) is 5.75 Å². The molecule has 1 N–H and O–H groups in total. The zero-order valence-electron chi connectivity index (χ0n) is 18.5. The molecule has 0 spiro atoms. The van der Waals surface area contributed by atoms with Crippen LogP contribution in [0, 0.1) is 5.92 Å². The molecule has 5 heteroatoms. The summed E-state index contributed by atoms with van der Waals surface area (Å²) in [5, 5.41) is 3.07. The van der Waals surface area contributed by atoms with Crippen molar-refractivity contribution in [1.82, 2.24) is 0 Å². The second-order valence-corrected chi connectivity index (χ2v) is 8.60. The maximum atomic E-state index is 13.5. The summed E-state index contributed by atoms with van der Waals surface area (Å²) in [4.78, 5) is 18.3. The van der Waals surface area contributed by atoms with Crippen molar-refractivity contribution in [2.24, 2.45) is 10.9 Å². The number of amides is 1. The molecule has 0 saturated heterocycles. The van der Waals surface area contributed by atoms with Crippen LogP contribution < -0.4 is 10.1 Å². The Bertz CT molecular complexity index is 1220. The van der Waals surface area contributed by atoms with E-state index in [1.807, 2.05) is 48.5 Å². The lowest BCUT2D eigenvalue weighted by atomic mass is 9.94. The van der Waals surface area contributed by atoms with Gasteiger partial charge in [0.05, 0.1) is 19.1 Å².